The Morgan fingerprint density at radius 3 is 2.41 bits per heavy atom. The van der Waals surface area contributed by atoms with Crippen molar-refractivity contribution < 1.29 is 14.3 Å². The van der Waals surface area contributed by atoms with Crippen LogP contribution in [0.3, 0.4) is 0 Å². The van der Waals surface area contributed by atoms with E-state index in [1.54, 1.807) is 12.1 Å². The minimum Gasteiger partial charge on any atom is -0.378 e. The summed E-state index contributed by atoms with van der Waals surface area (Å²) in [7, 11) is 0. The molecule has 0 spiro atoms. The molecule has 2 aliphatic rings. The van der Waals surface area contributed by atoms with Crippen molar-refractivity contribution >= 4 is 11.8 Å². The van der Waals surface area contributed by atoms with Crippen molar-refractivity contribution in [3.63, 3.8) is 0 Å². The Labute approximate surface area is 161 Å². The lowest BCUT2D eigenvalue weighted by atomic mass is 9.54. The van der Waals surface area contributed by atoms with Gasteiger partial charge in [0.1, 0.15) is 5.54 Å². The number of rotatable bonds is 5. The summed E-state index contributed by atoms with van der Waals surface area (Å²) >= 11 is 0. The number of carbonyl (C=O) groups is 2. The number of nitrogens with one attached hydrogen (secondary N) is 1. The molecule has 0 bridgehead atoms. The molecule has 6 nitrogen and oxygen atoms in total. The Bertz CT molecular complexity index is 683. The van der Waals surface area contributed by atoms with E-state index >= 15 is 0 Å². The molecule has 0 radical (unpaired) electrons. The van der Waals surface area contributed by atoms with Crippen LogP contribution in [0, 0.1) is 5.41 Å². The SMILES string of the molecule is CCOC1CC(N)(C(=O)N2CCC(NC(=O)c3ccccc3)CC2)C1(C)C. The molecule has 1 aromatic carbocycles. The Morgan fingerprint density at radius 1 is 1.22 bits per heavy atom. The number of nitrogens with two attached hydrogens (primary N) is 1. The van der Waals surface area contributed by atoms with E-state index in [9.17, 15) is 9.59 Å². The van der Waals surface area contributed by atoms with E-state index in [1.807, 2.05) is 43.9 Å². The zero-order valence-corrected chi connectivity index (χ0v) is 16.5. The second-order valence-corrected chi connectivity index (χ2v) is 8.25. The molecular formula is C21H31N3O3. The molecule has 3 N–H and O–H groups in total. The molecule has 2 fully saturated rings. The van der Waals surface area contributed by atoms with Crippen LogP contribution in [0.1, 0.15) is 50.4 Å². The van der Waals surface area contributed by atoms with E-state index < -0.39 is 5.54 Å². The van der Waals surface area contributed by atoms with E-state index in [0.717, 1.165) is 12.8 Å². The maximum absolute atomic E-state index is 13.1. The third kappa shape index (κ3) is 3.60. The number of carbonyl (C=O) groups excluding carboxylic acids is 2. The molecule has 1 aliphatic heterocycles. The largest absolute Gasteiger partial charge is 0.378 e. The van der Waals surface area contributed by atoms with Crippen LogP contribution in [0.5, 0.6) is 0 Å². The first-order valence-electron chi connectivity index (χ1n) is 9.85. The summed E-state index contributed by atoms with van der Waals surface area (Å²) < 4.78 is 5.73. The predicted octanol–water partition coefficient (Wildman–Crippen LogP) is 1.94. The minimum absolute atomic E-state index is 0.0105. The summed E-state index contributed by atoms with van der Waals surface area (Å²) in [6, 6.07) is 9.29. The van der Waals surface area contributed by atoms with Crippen molar-refractivity contribution in [2.45, 2.75) is 57.7 Å². The summed E-state index contributed by atoms with van der Waals surface area (Å²) in [6.45, 7) is 7.86. The second kappa shape index (κ2) is 7.60. The van der Waals surface area contributed by atoms with Gasteiger partial charge in [-0.15, -0.1) is 0 Å². The molecule has 1 saturated heterocycles. The number of nitrogens with zero attached hydrogens (tertiary/aromatic N) is 1. The van der Waals surface area contributed by atoms with Crippen LogP contribution in [0.15, 0.2) is 30.3 Å². The molecule has 1 aliphatic carbocycles. The van der Waals surface area contributed by atoms with Gasteiger partial charge in [0.05, 0.1) is 6.10 Å². The molecule has 3 rings (SSSR count). The molecule has 2 unspecified atom stereocenters. The summed E-state index contributed by atoms with van der Waals surface area (Å²) in [5.74, 6) is -0.0494. The summed E-state index contributed by atoms with van der Waals surface area (Å²) in [6.07, 6.45) is 2.09. The smallest absolute Gasteiger partial charge is 0.251 e. The van der Waals surface area contributed by atoms with Gasteiger partial charge in [0, 0.05) is 43.1 Å². The van der Waals surface area contributed by atoms with Gasteiger partial charge >= 0.3 is 0 Å². The first-order chi connectivity index (χ1) is 12.8. The van der Waals surface area contributed by atoms with E-state index in [2.05, 4.69) is 5.32 Å². The zero-order valence-electron chi connectivity index (χ0n) is 16.5. The molecule has 0 aromatic heterocycles. The number of piperidine rings is 1. The van der Waals surface area contributed by atoms with Crippen molar-refractivity contribution in [3.05, 3.63) is 35.9 Å². The number of amides is 2. The minimum atomic E-state index is -0.868. The molecule has 148 valence electrons. The predicted molar refractivity (Wildman–Crippen MR) is 104 cm³/mol. The monoisotopic (exact) mass is 373 g/mol. The van der Waals surface area contributed by atoms with Crippen LogP contribution in [-0.2, 0) is 9.53 Å². The van der Waals surface area contributed by atoms with E-state index in [-0.39, 0.29) is 29.4 Å². The van der Waals surface area contributed by atoms with Crippen molar-refractivity contribution in [2.24, 2.45) is 11.1 Å². The molecule has 1 aromatic rings. The average molecular weight is 373 g/mol. The fraction of sp³-hybridized carbons (Fsp3) is 0.619. The van der Waals surface area contributed by atoms with Gasteiger partial charge in [-0.25, -0.2) is 0 Å². The highest BCUT2D eigenvalue weighted by Gasteiger charge is 2.63. The Kier molecular flexibility index (Phi) is 5.58. The number of benzene rings is 1. The fourth-order valence-electron chi connectivity index (χ4n) is 4.17. The Morgan fingerprint density at radius 2 is 1.85 bits per heavy atom. The van der Waals surface area contributed by atoms with Gasteiger partial charge in [0.25, 0.3) is 5.91 Å². The Hall–Kier alpha value is -1.92. The van der Waals surface area contributed by atoms with Crippen LogP contribution in [0.25, 0.3) is 0 Å². The van der Waals surface area contributed by atoms with Crippen molar-refractivity contribution in [1.82, 2.24) is 10.2 Å². The molecular weight excluding hydrogens is 342 g/mol. The van der Waals surface area contributed by atoms with Crippen LogP contribution in [0.4, 0.5) is 0 Å². The van der Waals surface area contributed by atoms with Gasteiger partial charge in [-0.1, -0.05) is 32.0 Å². The highest BCUT2D eigenvalue weighted by Crippen LogP contribution is 2.50. The third-order valence-corrected chi connectivity index (χ3v) is 6.36. The molecule has 27 heavy (non-hydrogen) atoms. The molecule has 1 heterocycles. The Balaban J connectivity index is 1.53. The molecule has 2 amide bonds. The quantitative estimate of drug-likeness (QED) is 0.826. The lowest BCUT2D eigenvalue weighted by Crippen LogP contribution is -2.76. The van der Waals surface area contributed by atoms with E-state index in [1.165, 1.54) is 0 Å². The van der Waals surface area contributed by atoms with Crippen molar-refractivity contribution in [3.8, 4) is 0 Å². The standard InChI is InChI=1S/C21H31N3O3/c1-4-27-17-14-21(22,20(17,2)3)19(26)24-12-10-16(11-13-24)23-18(25)15-8-6-5-7-9-15/h5-9,16-17H,4,10-14,22H2,1-3H3,(H,23,25). The number of ether oxygens (including phenoxy) is 1. The molecule has 2 atom stereocenters. The van der Waals surface area contributed by atoms with E-state index in [4.69, 9.17) is 10.5 Å². The number of hydrogen-bond donors (Lipinski definition) is 2. The lowest BCUT2D eigenvalue weighted by Gasteiger charge is -2.59. The zero-order chi connectivity index (χ0) is 19.7. The third-order valence-electron chi connectivity index (χ3n) is 6.36. The maximum atomic E-state index is 13.1. The fourth-order valence-corrected chi connectivity index (χ4v) is 4.17. The molecule has 6 heteroatoms. The van der Waals surface area contributed by atoms with E-state index in [0.29, 0.717) is 31.7 Å². The summed E-state index contributed by atoms with van der Waals surface area (Å²) in [5, 5.41) is 3.07. The first kappa shape index (κ1) is 19.8. The van der Waals surface area contributed by atoms with Gasteiger partial charge in [0.2, 0.25) is 5.91 Å². The average Bonchev–Trinajstić information content (AvgIpc) is 2.68. The van der Waals surface area contributed by atoms with Crippen molar-refractivity contribution in [1.29, 1.82) is 0 Å². The first-order valence-corrected chi connectivity index (χ1v) is 9.85. The topological polar surface area (TPSA) is 84.7 Å². The van der Waals surface area contributed by atoms with Gasteiger partial charge in [-0.05, 0) is 31.9 Å². The number of hydrogen-bond acceptors (Lipinski definition) is 4. The van der Waals surface area contributed by atoms with Gasteiger partial charge in [-0.2, -0.15) is 0 Å². The second-order valence-electron chi connectivity index (χ2n) is 8.25. The lowest BCUT2D eigenvalue weighted by molar-refractivity contribution is -0.180. The normalized spacial score (nSPS) is 27.7. The molecule has 1 saturated carbocycles. The van der Waals surface area contributed by atoms with Crippen LogP contribution in [0.2, 0.25) is 0 Å². The highest BCUT2D eigenvalue weighted by molar-refractivity contribution is 5.94. The van der Waals surface area contributed by atoms with Crippen LogP contribution < -0.4 is 11.1 Å². The van der Waals surface area contributed by atoms with Crippen molar-refractivity contribution in [2.75, 3.05) is 19.7 Å². The number of likely N-dealkylation sites (tertiary alicyclic amines) is 1. The maximum Gasteiger partial charge on any atom is 0.251 e. The summed E-state index contributed by atoms with van der Waals surface area (Å²) in [5.41, 5.74) is 5.94. The summed E-state index contributed by atoms with van der Waals surface area (Å²) in [4.78, 5) is 27.2. The van der Waals surface area contributed by atoms with Gasteiger partial charge in [-0.3, -0.25) is 9.59 Å². The highest BCUT2D eigenvalue weighted by atomic mass is 16.5. The van der Waals surface area contributed by atoms with Crippen LogP contribution in [-0.4, -0.2) is 54.1 Å². The van der Waals surface area contributed by atoms with Gasteiger partial charge < -0.3 is 20.7 Å². The van der Waals surface area contributed by atoms with Gasteiger partial charge in [0.15, 0.2) is 0 Å². The van der Waals surface area contributed by atoms with Crippen LogP contribution >= 0.6 is 0 Å².